The highest BCUT2D eigenvalue weighted by atomic mass is 35.5. The molecule has 13 heavy (non-hydrogen) atoms. The van der Waals surface area contributed by atoms with Gasteiger partial charge in [-0.05, 0) is 0 Å². The lowest BCUT2D eigenvalue weighted by atomic mass is 10.3. The zero-order valence-corrected chi connectivity index (χ0v) is 7.10. The average Bonchev–Trinajstić information content (AvgIpc) is 2.47. The van der Waals surface area contributed by atoms with E-state index in [2.05, 4.69) is 9.98 Å². The van der Waals surface area contributed by atoms with Crippen molar-refractivity contribution in [2.24, 2.45) is 4.99 Å². The number of hydrogen-bond donors (Lipinski definition) is 0. The molecule has 1 aromatic heterocycles. The monoisotopic (exact) mass is 197 g/mol. The van der Waals surface area contributed by atoms with Gasteiger partial charge in [0.2, 0.25) is 6.34 Å². The minimum atomic E-state index is -1.35. The number of rotatable bonds is 0. The van der Waals surface area contributed by atoms with E-state index in [0.717, 1.165) is 6.34 Å². The molecule has 1 aromatic rings. The number of aromatic nitrogens is 1. The van der Waals surface area contributed by atoms with Crippen LogP contribution < -0.4 is 4.65 Å². The predicted molar refractivity (Wildman–Crippen MR) is 48.8 cm³/mol. The van der Waals surface area contributed by atoms with Gasteiger partial charge in [-0.1, -0.05) is 0 Å². The van der Waals surface area contributed by atoms with Crippen LogP contribution in [-0.2, 0) is 0 Å². The first kappa shape index (κ1) is 8.31. The molecule has 5 nitrogen and oxygen atoms in total. The Balaban J connectivity index is 2.61. The summed E-state index contributed by atoms with van der Waals surface area (Å²) >= 11 is 5.16. The number of fused-ring (bicyclic) bond motifs is 1. The van der Waals surface area contributed by atoms with Crippen LogP contribution >= 0.6 is 11.6 Å². The third-order valence-electron chi connectivity index (χ3n) is 1.76. The Bertz CT molecular complexity index is 406. The summed E-state index contributed by atoms with van der Waals surface area (Å²) < 4.78 is -1.35. The second-order valence-corrected chi connectivity index (χ2v) is 2.84. The normalized spacial score (nSPS) is 24.5. The highest BCUT2D eigenvalue weighted by Gasteiger charge is 2.34. The molecule has 2 rings (SSSR count). The van der Waals surface area contributed by atoms with Crippen LogP contribution in [0, 0.1) is 5.21 Å². The van der Waals surface area contributed by atoms with E-state index in [9.17, 15) is 10.0 Å². The minimum Gasteiger partial charge on any atom is -0.612 e. The number of carbonyl (C=O) groups excluding carboxylic acids is 1. The molecular weight excluding hydrogens is 194 g/mol. The maximum atomic E-state index is 11.7. The SMILES string of the molecule is O=C(Cl)[N+]1([O-])C=Nc2cnccc21. The molecular formula is C7H4ClN3O2. The minimum absolute atomic E-state index is 0.204. The van der Waals surface area contributed by atoms with Crippen LogP contribution in [0.3, 0.4) is 0 Å². The Labute approximate surface area is 78.5 Å². The van der Waals surface area contributed by atoms with Gasteiger partial charge in [0.25, 0.3) is 0 Å². The number of carbonyl (C=O) groups is 1. The fraction of sp³-hybridized carbons (Fsp3) is 0. The van der Waals surface area contributed by atoms with E-state index in [1.807, 2.05) is 0 Å². The molecule has 0 saturated heterocycles. The number of quaternary nitrogens is 1. The van der Waals surface area contributed by atoms with E-state index in [0.29, 0.717) is 5.69 Å². The van der Waals surface area contributed by atoms with Gasteiger partial charge in [-0.25, -0.2) is 9.44 Å². The summed E-state index contributed by atoms with van der Waals surface area (Å²) in [6.07, 6.45) is 3.77. The Kier molecular flexibility index (Phi) is 1.66. The van der Waals surface area contributed by atoms with Crippen LogP contribution in [0.4, 0.5) is 16.2 Å². The maximum absolute atomic E-state index is 11.7. The highest BCUT2D eigenvalue weighted by Crippen LogP contribution is 2.37. The molecule has 66 valence electrons. The number of halogens is 1. The number of aliphatic imine (C=N–C) groups is 1. The van der Waals surface area contributed by atoms with Crippen LogP contribution in [0.5, 0.6) is 0 Å². The third kappa shape index (κ3) is 1.06. The Morgan fingerprint density at radius 2 is 2.38 bits per heavy atom. The molecule has 1 aliphatic rings. The van der Waals surface area contributed by atoms with Gasteiger partial charge < -0.3 is 5.21 Å². The van der Waals surface area contributed by atoms with Crippen LogP contribution in [0.15, 0.2) is 23.5 Å². The average molecular weight is 198 g/mol. The first-order valence-electron chi connectivity index (χ1n) is 3.44. The van der Waals surface area contributed by atoms with E-state index in [1.54, 1.807) is 0 Å². The molecule has 0 N–H and O–H groups in total. The van der Waals surface area contributed by atoms with Crippen molar-refractivity contribution in [2.45, 2.75) is 0 Å². The van der Waals surface area contributed by atoms with Crippen LogP contribution in [0.25, 0.3) is 0 Å². The summed E-state index contributed by atoms with van der Waals surface area (Å²) in [5.74, 6) is 0. The van der Waals surface area contributed by atoms with Crippen molar-refractivity contribution in [3.8, 4) is 0 Å². The van der Waals surface area contributed by atoms with Gasteiger partial charge in [-0.15, -0.1) is 0 Å². The third-order valence-corrected chi connectivity index (χ3v) is 2.01. The molecule has 0 fully saturated rings. The molecule has 0 spiro atoms. The summed E-state index contributed by atoms with van der Waals surface area (Å²) in [5, 5.41) is 10.7. The van der Waals surface area contributed by atoms with Crippen LogP contribution in [0.2, 0.25) is 0 Å². The molecule has 0 radical (unpaired) electrons. The van der Waals surface area contributed by atoms with Crippen molar-refractivity contribution in [1.29, 1.82) is 0 Å². The quantitative estimate of drug-likeness (QED) is 0.276. The van der Waals surface area contributed by atoms with Gasteiger partial charge >= 0.3 is 5.37 Å². The van der Waals surface area contributed by atoms with Crippen molar-refractivity contribution in [1.82, 2.24) is 9.63 Å². The topological polar surface area (TPSA) is 65.4 Å². The second-order valence-electron chi connectivity index (χ2n) is 2.52. The zero-order valence-electron chi connectivity index (χ0n) is 6.35. The first-order valence-corrected chi connectivity index (χ1v) is 3.82. The molecule has 0 aliphatic carbocycles. The van der Waals surface area contributed by atoms with E-state index >= 15 is 0 Å². The smallest absolute Gasteiger partial charge is 0.422 e. The molecule has 0 saturated carbocycles. The van der Waals surface area contributed by atoms with Crippen LogP contribution in [-0.4, -0.2) is 16.7 Å². The van der Waals surface area contributed by atoms with Crippen molar-refractivity contribution < 1.29 is 4.79 Å². The maximum Gasteiger partial charge on any atom is 0.422 e. The fourth-order valence-corrected chi connectivity index (χ4v) is 1.24. The van der Waals surface area contributed by atoms with E-state index in [4.69, 9.17) is 11.6 Å². The summed E-state index contributed by atoms with van der Waals surface area (Å²) in [7, 11) is 0. The summed E-state index contributed by atoms with van der Waals surface area (Å²) in [4.78, 5) is 18.3. The fourth-order valence-electron chi connectivity index (χ4n) is 1.10. The number of hydroxylamine groups is 2. The predicted octanol–water partition coefficient (Wildman–Crippen LogP) is 1.92. The molecule has 0 bridgehead atoms. The lowest BCUT2D eigenvalue weighted by Crippen LogP contribution is -2.41. The highest BCUT2D eigenvalue weighted by molar-refractivity contribution is 6.66. The number of amides is 1. The van der Waals surface area contributed by atoms with Gasteiger partial charge in [0, 0.05) is 23.9 Å². The van der Waals surface area contributed by atoms with Gasteiger partial charge in [0.15, 0.2) is 5.69 Å². The van der Waals surface area contributed by atoms with Gasteiger partial charge in [0.1, 0.15) is 5.69 Å². The Morgan fingerprint density at radius 1 is 1.62 bits per heavy atom. The summed E-state index contributed by atoms with van der Waals surface area (Å²) in [6, 6.07) is 1.43. The van der Waals surface area contributed by atoms with Gasteiger partial charge in [0.05, 0.1) is 6.20 Å². The molecule has 1 amide bonds. The lowest BCUT2D eigenvalue weighted by Gasteiger charge is -2.27. The van der Waals surface area contributed by atoms with E-state index in [1.165, 1.54) is 18.5 Å². The molecule has 0 aromatic carbocycles. The van der Waals surface area contributed by atoms with E-state index < -0.39 is 10.0 Å². The van der Waals surface area contributed by atoms with Crippen molar-refractivity contribution >= 4 is 34.7 Å². The second kappa shape index (κ2) is 2.59. The Hall–Kier alpha value is -1.30. The van der Waals surface area contributed by atoms with Crippen LogP contribution in [0.1, 0.15) is 0 Å². The Morgan fingerprint density at radius 3 is 3.08 bits per heavy atom. The van der Waals surface area contributed by atoms with E-state index in [-0.39, 0.29) is 5.69 Å². The molecule has 6 heteroatoms. The number of pyridine rings is 1. The molecule has 1 aliphatic heterocycles. The summed E-state index contributed by atoms with van der Waals surface area (Å²) in [6.45, 7) is 0. The molecule has 1 unspecified atom stereocenters. The zero-order chi connectivity index (χ0) is 9.47. The van der Waals surface area contributed by atoms with Gasteiger partial charge in [-0.3, -0.25) is 4.98 Å². The largest absolute Gasteiger partial charge is 0.612 e. The number of hydrogen-bond acceptors (Lipinski definition) is 4. The van der Waals surface area contributed by atoms with Gasteiger partial charge in [-0.2, -0.15) is 4.99 Å². The van der Waals surface area contributed by atoms with Crippen molar-refractivity contribution in [3.05, 3.63) is 23.7 Å². The van der Waals surface area contributed by atoms with Crippen molar-refractivity contribution in [2.75, 3.05) is 0 Å². The summed E-state index contributed by atoms with van der Waals surface area (Å²) in [5.41, 5.74) is 0.585. The molecule has 2 heterocycles. The number of nitrogens with zero attached hydrogens (tertiary/aromatic N) is 3. The first-order chi connectivity index (χ1) is 6.14. The lowest BCUT2D eigenvalue weighted by molar-refractivity contribution is 0.251. The standard InChI is InChI=1S/C7H4ClN3O2/c8-7(12)11(13)4-10-5-3-9-2-1-6(5)11/h1-4H. The molecule has 1 atom stereocenters. The van der Waals surface area contributed by atoms with Crippen molar-refractivity contribution in [3.63, 3.8) is 0 Å².